The van der Waals surface area contributed by atoms with Gasteiger partial charge in [-0.2, -0.15) is 0 Å². The lowest BCUT2D eigenvalue weighted by Gasteiger charge is -2.53. The van der Waals surface area contributed by atoms with Crippen LogP contribution in [0, 0.1) is 29.1 Å². The standard InChI is InChI=1S/C18H30O3/c1-18(2,3)5-4-16(19)20-11-21-17-14-7-12-6-13(9-14)10-15(17)8-12/h12-15,17H,4-11H2,1-3H3. The van der Waals surface area contributed by atoms with Crippen molar-refractivity contribution in [2.24, 2.45) is 29.1 Å². The highest BCUT2D eigenvalue weighted by Crippen LogP contribution is 2.54. The van der Waals surface area contributed by atoms with Gasteiger partial charge in [-0.1, -0.05) is 20.8 Å². The van der Waals surface area contributed by atoms with Gasteiger partial charge in [0.05, 0.1) is 6.10 Å². The van der Waals surface area contributed by atoms with Gasteiger partial charge in [-0.25, -0.2) is 0 Å². The summed E-state index contributed by atoms with van der Waals surface area (Å²) < 4.78 is 11.3. The summed E-state index contributed by atoms with van der Waals surface area (Å²) in [7, 11) is 0. The van der Waals surface area contributed by atoms with E-state index < -0.39 is 0 Å². The first-order valence-corrected chi connectivity index (χ1v) is 8.68. The molecule has 4 aliphatic rings. The number of rotatable bonds is 5. The maximum absolute atomic E-state index is 11.7. The second-order valence-corrected chi connectivity index (χ2v) is 8.76. The lowest BCUT2D eigenvalue weighted by Crippen LogP contribution is -2.49. The summed E-state index contributed by atoms with van der Waals surface area (Å²) in [6.45, 7) is 6.60. The molecule has 3 heteroatoms. The van der Waals surface area contributed by atoms with Crippen molar-refractivity contribution >= 4 is 5.97 Å². The van der Waals surface area contributed by atoms with E-state index in [2.05, 4.69) is 20.8 Å². The van der Waals surface area contributed by atoms with Crippen molar-refractivity contribution in [1.29, 1.82) is 0 Å². The Morgan fingerprint density at radius 3 is 2.10 bits per heavy atom. The molecule has 0 amide bonds. The Hall–Kier alpha value is -0.570. The maximum Gasteiger partial charge on any atom is 0.307 e. The van der Waals surface area contributed by atoms with Gasteiger partial charge in [0, 0.05) is 6.42 Å². The molecule has 0 N–H and O–H groups in total. The number of carbonyl (C=O) groups excluding carboxylic acids is 1. The van der Waals surface area contributed by atoms with Crippen molar-refractivity contribution in [3.63, 3.8) is 0 Å². The molecule has 0 unspecified atom stereocenters. The molecular weight excluding hydrogens is 264 g/mol. The summed E-state index contributed by atoms with van der Waals surface area (Å²) in [5.74, 6) is 3.26. The summed E-state index contributed by atoms with van der Waals surface area (Å²) in [4.78, 5) is 11.7. The summed E-state index contributed by atoms with van der Waals surface area (Å²) in [5, 5.41) is 0. The molecule has 0 atom stereocenters. The minimum absolute atomic E-state index is 0.117. The Morgan fingerprint density at radius 2 is 1.57 bits per heavy atom. The van der Waals surface area contributed by atoms with Crippen LogP contribution in [-0.4, -0.2) is 18.9 Å². The number of carbonyl (C=O) groups is 1. The van der Waals surface area contributed by atoms with Crippen molar-refractivity contribution in [3.8, 4) is 0 Å². The van der Waals surface area contributed by atoms with Crippen LogP contribution in [0.25, 0.3) is 0 Å². The quantitative estimate of drug-likeness (QED) is 0.564. The second kappa shape index (κ2) is 5.91. The number of esters is 1. The topological polar surface area (TPSA) is 35.5 Å². The average Bonchev–Trinajstić information content (AvgIpc) is 2.38. The summed E-state index contributed by atoms with van der Waals surface area (Å²) >= 11 is 0. The van der Waals surface area contributed by atoms with Gasteiger partial charge in [-0.05, 0) is 67.6 Å². The van der Waals surface area contributed by atoms with Crippen molar-refractivity contribution in [2.45, 2.75) is 71.8 Å². The first-order valence-electron chi connectivity index (χ1n) is 8.68. The molecule has 3 nitrogen and oxygen atoms in total. The van der Waals surface area contributed by atoms with Crippen molar-refractivity contribution in [2.75, 3.05) is 6.79 Å². The molecule has 0 radical (unpaired) electrons. The molecule has 120 valence electrons. The summed E-state index contributed by atoms with van der Waals surface area (Å²) in [6, 6.07) is 0. The number of ether oxygens (including phenoxy) is 2. The van der Waals surface area contributed by atoms with Gasteiger partial charge in [0.25, 0.3) is 0 Å². The molecule has 0 saturated heterocycles. The Morgan fingerprint density at radius 1 is 1.00 bits per heavy atom. The van der Waals surface area contributed by atoms with E-state index in [1.165, 1.54) is 32.1 Å². The maximum atomic E-state index is 11.7. The molecule has 4 rings (SSSR count). The van der Waals surface area contributed by atoms with Gasteiger partial charge in [0.1, 0.15) is 0 Å². The van der Waals surface area contributed by atoms with Crippen LogP contribution in [0.2, 0.25) is 0 Å². The Balaban J connectivity index is 1.39. The Kier molecular flexibility index (Phi) is 4.31. The van der Waals surface area contributed by atoms with Crippen LogP contribution in [0.4, 0.5) is 0 Å². The van der Waals surface area contributed by atoms with Crippen LogP contribution in [0.15, 0.2) is 0 Å². The third-order valence-electron chi connectivity index (χ3n) is 5.70. The van der Waals surface area contributed by atoms with Crippen LogP contribution in [0.3, 0.4) is 0 Å². The fourth-order valence-electron chi connectivity index (χ4n) is 4.87. The third kappa shape index (κ3) is 3.80. The zero-order valence-electron chi connectivity index (χ0n) is 13.8. The van der Waals surface area contributed by atoms with Gasteiger partial charge < -0.3 is 9.47 Å². The summed E-state index contributed by atoms with van der Waals surface area (Å²) in [5.41, 5.74) is 0.182. The van der Waals surface area contributed by atoms with E-state index >= 15 is 0 Å². The normalized spacial score (nSPS) is 37.8. The van der Waals surface area contributed by atoms with Crippen LogP contribution in [0.5, 0.6) is 0 Å². The van der Waals surface area contributed by atoms with Gasteiger partial charge >= 0.3 is 5.97 Å². The molecule has 21 heavy (non-hydrogen) atoms. The molecular formula is C18H30O3. The van der Waals surface area contributed by atoms with E-state index in [1.54, 1.807) is 0 Å². The predicted molar refractivity (Wildman–Crippen MR) is 81.6 cm³/mol. The first-order chi connectivity index (χ1) is 9.90. The molecule has 0 spiro atoms. The fourth-order valence-corrected chi connectivity index (χ4v) is 4.87. The SMILES string of the molecule is CC(C)(C)CCC(=O)OCOC1C2CC3CC(C2)CC1C3. The summed E-state index contributed by atoms with van der Waals surface area (Å²) in [6.07, 6.45) is 8.55. The lowest BCUT2D eigenvalue weighted by atomic mass is 9.55. The van der Waals surface area contributed by atoms with Crippen LogP contribution < -0.4 is 0 Å². The predicted octanol–water partition coefficient (Wildman–Crippen LogP) is 4.15. The van der Waals surface area contributed by atoms with Crippen LogP contribution in [-0.2, 0) is 14.3 Å². The molecule has 4 aliphatic carbocycles. The number of hydrogen-bond donors (Lipinski definition) is 0. The van der Waals surface area contributed by atoms with E-state index in [-0.39, 0.29) is 18.2 Å². The molecule has 0 heterocycles. The van der Waals surface area contributed by atoms with E-state index in [0.717, 1.165) is 30.1 Å². The minimum Gasteiger partial charge on any atom is -0.438 e. The lowest BCUT2D eigenvalue weighted by molar-refractivity contribution is -0.186. The van der Waals surface area contributed by atoms with Crippen molar-refractivity contribution in [3.05, 3.63) is 0 Å². The van der Waals surface area contributed by atoms with Crippen molar-refractivity contribution in [1.82, 2.24) is 0 Å². The fraction of sp³-hybridized carbons (Fsp3) is 0.944. The monoisotopic (exact) mass is 294 g/mol. The van der Waals surface area contributed by atoms with Crippen LogP contribution >= 0.6 is 0 Å². The zero-order valence-corrected chi connectivity index (χ0v) is 13.8. The van der Waals surface area contributed by atoms with Gasteiger partial charge in [0.2, 0.25) is 0 Å². The van der Waals surface area contributed by atoms with E-state index in [1.807, 2.05) is 0 Å². The number of hydrogen-bond acceptors (Lipinski definition) is 3. The van der Waals surface area contributed by atoms with E-state index in [4.69, 9.17) is 9.47 Å². The first kappa shape index (κ1) is 15.3. The smallest absolute Gasteiger partial charge is 0.307 e. The zero-order chi connectivity index (χ0) is 15.0. The Bertz CT molecular complexity index is 354. The highest BCUT2D eigenvalue weighted by Gasteiger charge is 2.48. The van der Waals surface area contributed by atoms with E-state index in [0.29, 0.717) is 12.5 Å². The molecule has 4 bridgehead atoms. The molecule has 4 fully saturated rings. The molecule has 0 aromatic carbocycles. The van der Waals surface area contributed by atoms with Crippen LogP contribution in [0.1, 0.15) is 65.7 Å². The highest BCUT2D eigenvalue weighted by molar-refractivity contribution is 5.69. The van der Waals surface area contributed by atoms with E-state index in [9.17, 15) is 4.79 Å². The van der Waals surface area contributed by atoms with Gasteiger partial charge in [-0.3, -0.25) is 4.79 Å². The third-order valence-corrected chi connectivity index (χ3v) is 5.70. The van der Waals surface area contributed by atoms with Crippen molar-refractivity contribution < 1.29 is 14.3 Å². The molecule has 0 aromatic heterocycles. The molecule has 0 aromatic rings. The molecule has 4 saturated carbocycles. The average molecular weight is 294 g/mol. The highest BCUT2D eigenvalue weighted by atomic mass is 16.7. The minimum atomic E-state index is -0.117. The van der Waals surface area contributed by atoms with Gasteiger partial charge in [-0.15, -0.1) is 0 Å². The Labute approximate surface area is 128 Å². The molecule has 0 aliphatic heterocycles. The second-order valence-electron chi connectivity index (χ2n) is 8.76. The largest absolute Gasteiger partial charge is 0.438 e. The van der Waals surface area contributed by atoms with Gasteiger partial charge in [0.15, 0.2) is 6.79 Å².